The quantitative estimate of drug-likeness (QED) is 0.738. The molecule has 0 bridgehead atoms. The Bertz CT molecular complexity index is 479. The van der Waals surface area contributed by atoms with E-state index in [2.05, 4.69) is 10.3 Å². The molecule has 0 aliphatic heterocycles. The summed E-state index contributed by atoms with van der Waals surface area (Å²) in [6.07, 6.45) is 1.41. The molecule has 1 rings (SSSR count). The summed E-state index contributed by atoms with van der Waals surface area (Å²) in [7, 11) is 0. The van der Waals surface area contributed by atoms with Gasteiger partial charge >= 0.3 is 5.97 Å². The van der Waals surface area contributed by atoms with Gasteiger partial charge in [-0.15, -0.1) is 0 Å². The molecular weight excluding hydrogens is 236 g/mol. The summed E-state index contributed by atoms with van der Waals surface area (Å²) in [5.74, 6) is -0.873. The topological polar surface area (TPSA) is 88.3 Å². The van der Waals surface area contributed by atoms with E-state index in [4.69, 9.17) is 4.74 Å². The normalized spacial score (nSPS) is 10.2. The van der Waals surface area contributed by atoms with Crippen LogP contribution in [-0.2, 0) is 9.53 Å². The number of hydrogen-bond acceptors (Lipinski definition) is 4. The van der Waals surface area contributed by atoms with Crippen LogP contribution in [0.4, 0.5) is 0 Å². The van der Waals surface area contributed by atoms with Gasteiger partial charge in [0.15, 0.2) is 6.61 Å². The van der Waals surface area contributed by atoms with Gasteiger partial charge in [0.05, 0.1) is 0 Å². The first kappa shape index (κ1) is 14.0. The summed E-state index contributed by atoms with van der Waals surface area (Å²) < 4.78 is 4.73. The molecule has 6 heteroatoms. The number of hydrogen-bond donors (Lipinski definition) is 2. The van der Waals surface area contributed by atoms with Gasteiger partial charge in [0.1, 0.15) is 5.56 Å². The van der Waals surface area contributed by atoms with Crippen molar-refractivity contribution in [2.45, 2.75) is 13.8 Å². The molecule has 0 radical (unpaired) electrons. The zero-order chi connectivity index (χ0) is 13.5. The fourth-order valence-corrected chi connectivity index (χ4v) is 1.16. The average Bonchev–Trinajstić information content (AvgIpc) is 2.34. The fourth-order valence-electron chi connectivity index (χ4n) is 1.16. The molecule has 2 N–H and O–H groups in total. The van der Waals surface area contributed by atoms with Gasteiger partial charge in [-0.1, -0.05) is 13.8 Å². The summed E-state index contributed by atoms with van der Waals surface area (Å²) in [6.45, 7) is 4.04. The van der Waals surface area contributed by atoms with E-state index in [-0.39, 0.29) is 18.1 Å². The van der Waals surface area contributed by atoms with Crippen molar-refractivity contribution in [3.8, 4) is 0 Å². The largest absolute Gasteiger partial charge is 0.452 e. The second-order valence-corrected chi connectivity index (χ2v) is 4.19. The maximum Gasteiger partial charge on any atom is 0.344 e. The molecule has 0 aromatic carbocycles. The zero-order valence-electron chi connectivity index (χ0n) is 10.4. The van der Waals surface area contributed by atoms with E-state index < -0.39 is 11.5 Å². The maximum absolute atomic E-state index is 11.5. The number of pyridine rings is 1. The van der Waals surface area contributed by atoms with Crippen LogP contribution in [0.2, 0.25) is 0 Å². The van der Waals surface area contributed by atoms with Crippen LogP contribution in [0.5, 0.6) is 0 Å². The molecule has 1 aromatic rings. The number of nitrogens with one attached hydrogen (secondary N) is 2. The van der Waals surface area contributed by atoms with E-state index in [1.807, 2.05) is 13.8 Å². The lowest BCUT2D eigenvalue weighted by Gasteiger charge is -2.07. The SMILES string of the molecule is CC(C)CNC(=O)COC(=O)c1ccc[nH]c1=O. The maximum atomic E-state index is 11.5. The number of esters is 1. The number of amides is 1. The molecule has 0 unspecified atom stereocenters. The Hall–Kier alpha value is -2.11. The number of carbonyl (C=O) groups excluding carboxylic acids is 2. The van der Waals surface area contributed by atoms with Crippen LogP contribution in [0, 0.1) is 5.92 Å². The number of aromatic amines is 1. The summed E-state index contributed by atoms with van der Waals surface area (Å²) >= 11 is 0. The monoisotopic (exact) mass is 252 g/mol. The molecule has 1 amide bonds. The van der Waals surface area contributed by atoms with Crippen LogP contribution in [0.25, 0.3) is 0 Å². The van der Waals surface area contributed by atoms with Gasteiger partial charge in [0, 0.05) is 12.7 Å². The third kappa shape index (κ3) is 4.40. The molecule has 0 aliphatic carbocycles. The lowest BCUT2D eigenvalue weighted by Crippen LogP contribution is -2.32. The molecule has 0 atom stereocenters. The van der Waals surface area contributed by atoms with Gasteiger partial charge in [-0.05, 0) is 18.1 Å². The van der Waals surface area contributed by atoms with E-state index in [0.717, 1.165) is 0 Å². The van der Waals surface area contributed by atoms with Gasteiger partial charge < -0.3 is 15.0 Å². The standard InChI is InChI=1S/C12H16N2O4/c1-8(2)6-14-10(15)7-18-12(17)9-4-3-5-13-11(9)16/h3-5,8H,6-7H2,1-2H3,(H,13,16)(H,14,15). The van der Waals surface area contributed by atoms with Crippen LogP contribution in [-0.4, -0.2) is 30.0 Å². The Labute approximate surface area is 104 Å². The Kier molecular flexibility index (Phi) is 5.10. The minimum Gasteiger partial charge on any atom is -0.452 e. The van der Waals surface area contributed by atoms with Crippen molar-refractivity contribution in [2.24, 2.45) is 5.92 Å². The number of rotatable bonds is 5. The zero-order valence-corrected chi connectivity index (χ0v) is 10.4. The first-order chi connectivity index (χ1) is 8.50. The first-order valence-electron chi connectivity index (χ1n) is 5.62. The van der Waals surface area contributed by atoms with E-state index in [1.54, 1.807) is 0 Å². The highest BCUT2D eigenvalue weighted by molar-refractivity contribution is 5.90. The first-order valence-corrected chi connectivity index (χ1v) is 5.62. The van der Waals surface area contributed by atoms with Crippen molar-refractivity contribution in [3.05, 3.63) is 34.2 Å². The highest BCUT2D eigenvalue weighted by Gasteiger charge is 2.13. The van der Waals surface area contributed by atoms with Crippen LogP contribution in [0.1, 0.15) is 24.2 Å². The van der Waals surface area contributed by atoms with Gasteiger partial charge in [0.25, 0.3) is 11.5 Å². The van der Waals surface area contributed by atoms with Gasteiger partial charge in [-0.2, -0.15) is 0 Å². The molecule has 98 valence electrons. The van der Waals surface area contributed by atoms with Crippen LogP contribution in [0.15, 0.2) is 23.1 Å². The lowest BCUT2D eigenvalue weighted by molar-refractivity contribution is -0.124. The molecule has 6 nitrogen and oxygen atoms in total. The fraction of sp³-hybridized carbons (Fsp3) is 0.417. The molecule has 1 aromatic heterocycles. The third-order valence-electron chi connectivity index (χ3n) is 2.08. The molecule has 0 aliphatic rings. The summed E-state index contributed by atoms with van der Waals surface area (Å²) in [6, 6.07) is 2.85. The van der Waals surface area contributed by atoms with Gasteiger partial charge in [0.2, 0.25) is 0 Å². The lowest BCUT2D eigenvalue weighted by atomic mass is 10.2. The summed E-state index contributed by atoms with van der Waals surface area (Å²) in [5, 5.41) is 2.60. The Morgan fingerprint density at radius 2 is 2.17 bits per heavy atom. The highest BCUT2D eigenvalue weighted by Crippen LogP contribution is 1.94. The van der Waals surface area contributed by atoms with Crippen molar-refractivity contribution in [3.63, 3.8) is 0 Å². The van der Waals surface area contributed by atoms with Crippen LogP contribution >= 0.6 is 0 Å². The predicted octanol–water partition coefficient (Wildman–Crippen LogP) is 0.304. The molecule has 1 heterocycles. The molecule has 0 fully saturated rings. The molecule has 18 heavy (non-hydrogen) atoms. The minimum absolute atomic E-state index is 0.117. The van der Waals surface area contributed by atoms with Crippen LogP contribution in [0.3, 0.4) is 0 Å². The van der Waals surface area contributed by atoms with E-state index >= 15 is 0 Å². The molecular formula is C12H16N2O4. The van der Waals surface area contributed by atoms with E-state index in [0.29, 0.717) is 12.5 Å². The Morgan fingerprint density at radius 1 is 1.44 bits per heavy atom. The molecule has 0 saturated carbocycles. The molecule has 0 spiro atoms. The van der Waals surface area contributed by atoms with Crippen molar-refractivity contribution in [1.29, 1.82) is 0 Å². The van der Waals surface area contributed by atoms with Gasteiger partial charge in [-0.3, -0.25) is 9.59 Å². The van der Waals surface area contributed by atoms with Crippen molar-refractivity contribution in [2.75, 3.05) is 13.2 Å². The molecule has 0 saturated heterocycles. The smallest absolute Gasteiger partial charge is 0.344 e. The highest BCUT2D eigenvalue weighted by atomic mass is 16.5. The minimum atomic E-state index is -0.809. The number of ether oxygens (including phenoxy) is 1. The predicted molar refractivity (Wildman–Crippen MR) is 65.2 cm³/mol. The van der Waals surface area contributed by atoms with Gasteiger partial charge in [-0.25, -0.2) is 4.79 Å². The van der Waals surface area contributed by atoms with Crippen molar-refractivity contribution in [1.82, 2.24) is 10.3 Å². The summed E-state index contributed by atoms with van der Waals surface area (Å²) in [5.41, 5.74) is -0.653. The second kappa shape index (κ2) is 6.58. The Balaban J connectivity index is 2.45. The second-order valence-electron chi connectivity index (χ2n) is 4.19. The average molecular weight is 252 g/mol. The summed E-state index contributed by atoms with van der Waals surface area (Å²) in [4.78, 5) is 36.4. The number of carbonyl (C=O) groups is 2. The van der Waals surface area contributed by atoms with Crippen molar-refractivity contribution >= 4 is 11.9 Å². The Morgan fingerprint density at radius 3 is 2.78 bits per heavy atom. The van der Waals surface area contributed by atoms with E-state index in [9.17, 15) is 14.4 Å². The third-order valence-corrected chi connectivity index (χ3v) is 2.08. The number of aromatic nitrogens is 1. The number of H-pyrrole nitrogens is 1. The van der Waals surface area contributed by atoms with Crippen molar-refractivity contribution < 1.29 is 14.3 Å². The van der Waals surface area contributed by atoms with E-state index in [1.165, 1.54) is 18.3 Å². The van der Waals surface area contributed by atoms with Crippen LogP contribution < -0.4 is 10.9 Å².